The number of ether oxygens (including phenoxy) is 4. The van der Waals surface area contributed by atoms with E-state index in [0.717, 1.165) is 0 Å². The minimum atomic E-state index is -0.723. The first-order valence-corrected chi connectivity index (χ1v) is 16.0. The van der Waals surface area contributed by atoms with Gasteiger partial charge in [-0.05, 0) is 105 Å². The van der Waals surface area contributed by atoms with E-state index in [9.17, 15) is 14.4 Å². The van der Waals surface area contributed by atoms with Gasteiger partial charge in [0.15, 0.2) is 18.1 Å². The minimum Gasteiger partial charge on any atom is -0.485 e. The highest BCUT2D eigenvalue weighted by Gasteiger charge is 2.21. The highest BCUT2D eigenvalue weighted by molar-refractivity contribution is 6.08. The summed E-state index contributed by atoms with van der Waals surface area (Å²) in [6.07, 6.45) is -0.883. The van der Waals surface area contributed by atoms with Crippen LogP contribution in [0.25, 0.3) is 0 Å². The first-order chi connectivity index (χ1) is 22.9. The number of esters is 1. The van der Waals surface area contributed by atoms with Crippen LogP contribution in [0.2, 0.25) is 0 Å². The molecule has 12 nitrogen and oxygen atoms in total. The van der Waals surface area contributed by atoms with Crippen molar-refractivity contribution in [3.8, 4) is 11.5 Å². The number of para-hydroxylation sites is 2. The molecular formula is C37H49N5O7. The fraction of sp³-hybridized carbons (Fsp3) is 0.405. The molecule has 0 aliphatic heterocycles. The average Bonchev–Trinajstić information content (AvgIpc) is 2.97. The van der Waals surface area contributed by atoms with Crippen molar-refractivity contribution in [2.75, 3.05) is 37.9 Å². The Kier molecular flexibility index (Phi) is 13.2. The number of benzene rings is 3. The molecule has 0 fully saturated rings. The largest absolute Gasteiger partial charge is 0.485 e. The van der Waals surface area contributed by atoms with Crippen molar-refractivity contribution in [3.63, 3.8) is 0 Å². The number of rotatable bonds is 13. The molecule has 4 N–H and O–H groups in total. The first kappa shape index (κ1) is 38.3. The van der Waals surface area contributed by atoms with Crippen LogP contribution >= 0.6 is 0 Å². The van der Waals surface area contributed by atoms with Gasteiger partial charge in [-0.3, -0.25) is 15.5 Å². The molecule has 0 aliphatic rings. The minimum absolute atomic E-state index is 0.127. The maximum Gasteiger partial charge on any atom is 0.413 e. The Labute approximate surface area is 289 Å². The van der Waals surface area contributed by atoms with Crippen LogP contribution in [0.5, 0.6) is 11.5 Å². The number of carbonyl (C=O) groups is 3. The van der Waals surface area contributed by atoms with E-state index in [0.29, 0.717) is 46.1 Å². The predicted octanol–water partition coefficient (Wildman–Crippen LogP) is 6.45. The van der Waals surface area contributed by atoms with Crippen molar-refractivity contribution in [1.29, 1.82) is 5.41 Å². The lowest BCUT2D eigenvalue weighted by Crippen LogP contribution is -2.36. The summed E-state index contributed by atoms with van der Waals surface area (Å²) in [5.74, 6) is -0.0958. The van der Waals surface area contributed by atoms with Crippen LogP contribution in [0, 0.1) is 5.41 Å². The number of hydrogen-bond donors (Lipinski definition) is 4. The van der Waals surface area contributed by atoms with Gasteiger partial charge < -0.3 is 34.5 Å². The number of carbonyl (C=O) groups excluding carboxylic acids is 3. The van der Waals surface area contributed by atoms with Crippen LogP contribution in [-0.2, 0) is 20.8 Å². The number of nitrogens with zero attached hydrogens (tertiary/aromatic N) is 1. The number of amides is 2. The molecule has 3 aromatic rings. The number of likely N-dealkylation sites (N-methyl/N-ethyl adjacent to an activating group) is 1. The number of amidine groups is 1. The van der Waals surface area contributed by atoms with E-state index in [4.69, 9.17) is 24.4 Å². The molecule has 12 heteroatoms. The Balaban J connectivity index is 1.75. The van der Waals surface area contributed by atoms with Gasteiger partial charge in [0.1, 0.15) is 23.1 Å². The second kappa shape index (κ2) is 16.8. The average molecular weight is 676 g/mol. The molecule has 2 amide bonds. The highest BCUT2D eigenvalue weighted by atomic mass is 16.6. The third-order valence-corrected chi connectivity index (χ3v) is 6.46. The third-order valence-electron chi connectivity index (χ3n) is 6.46. The van der Waals surface area contributed by atoms with Crippen molar-refractivity contribution in [2.45, 2.75) is 72.3 Å². The van der Waals surface area contributed by atoms with Crippen LogP contribution < -0.4 is 25.4 Å². The molecule has 49 heavy (non-hydrogen) atoms. The van der Waals surface area contributed by atoms with Gasteiger partial charge in [-0.1, -0.05) is 24.3 Å². The fourth-order valence-corrected chi connectivity index (χ4v) is 4.65. The zero-order chi connectivity index (χ0) is 36.4. The van der Waals surface area contributed by atoms with Crippen molar-refractivity contribution >= 4 is 35.2 Å². The predicted molar refractivity (Wildman–Crippen MR) is 191 cm³/mol. The smallest absolute Gasteiger partial charge is 0.413 e. The fourth-order valence-electron chi connectivity index (χ4n) is 4.65. The third kappa shape index (κ3) is 13.1. The molecule has 1 unspecified atom stereocenters. The van der Waals surface area contributed by atoms with Crippen LogP contribution in [0.15, 0.2) is 66.7 Å². The lowest BCUT2D eigenvalue weighted by atomic mass is 10.1. The van der Waals surface area contributed by atoms with Gasteiger partial charge in [0.2, 0.25) is 0 Å². The summed E-state index contributed by atoms with van der Waals surface area (Å²) in [4.78, 5) is 40.0. The number of hydrogen-bond acceptors (Lipinski definition) is 10. The lowest BCUT2D eigenvalue weighted by Gasteiger charge is -2.23. The normalized spacial score (nSPS) is 12.0. The second-order valence-corrected chi connectivity index (χ2v) is 13.7. The van der Waals surface area contributed by atoms with E-state index in [1.807, 2.05) is 44.1 Å². The Morgan fingerprint density at radius 2 is 1.51 bits per heavy atom. The van der Waals surface area contributed by atoms with Crippen LogP contribution in [0.1, 0.15) is 70.0 Å². The van der Waals surface area contributed by atoms with E-state index in [2.05, 4.69) is 16.0 Å². The van der Waals surface area contributed by atoms with Crippen LogP contribution in [0.4, 0.5) is 16.2 Å². The van der Waals surface area contributed by atoms with E-state index >= 15 is 0 Å². The number of nitrogens with one attached hydrogen (secondary N) is 4. The van der Waals surface area contributed by atoms with Gasteiger partial charge in [-0.15, -0.1) is 0 Å². The summed E-state index contributed by atoms with van der Waals surface area (Å²) < 4.78 is 22.9. The summed E-state index contributed by atoms with van der Waals surface area (Å²) in [6.45, 7) is 13.2. The highest BCUT2D eigenvalue weighted by Crippen LogP contribution is 2.33. The van der Waals surface area contributed by atoms with Crippen LogP contribution in [0.3, 0.4) is 0 Å². The second-order valence-electron chi connectivity index (χ2n) is 13.7. The number of anilines is 2. The van der Waals surface area contributed by atoms with Crippen molar-refractivity contribution in [3.05, 3.63) is 83.4 Å². The maximum atomic E-state index is 13.4. The molecule has 0 aliphatic carbocycles. The van der Waals surface area contributed by atoms with Gasteiger partial charge in [-0.2, -0.15) is 0 Å². The Morgan fingerprint density at radius 1 is 0.857 bits per heavy atom. The summed E-state index contributed by atoms with van der Waals surface area (Å²) in [5.41, 5.74) is 1.28. The van der Waals surface area contributed by atoms with Gasteiger partial charge in [0, 0.05) is 35.6 Å². The SMILES string of the molecule is CC(CN(C)C)Oc1cccc(CNc2ccccc2C(=O)Nc2ccc(C(=N)NC(=O)OC(C)(C)C)cc2)c1OCC(=O)OC(C)(C)C. The van der Waals surface area contributed by atoms with Gasteiger partial charge >= 0.3 is 12.1 Å². The molecule has 264 valence electrons. The van der Waals surface area contributed by atoms with Crippen molar-refractivity contribution in [1.82, 2.24) is 10.2 Å². The van der Waals surface area contributed by atoms with Crippen molar-refractivity contribution in [2.24, 2.45) is 0 Å². The van der Waals surface area contributed by atoms with E-state index in [1.54, 1.807) is 90.1 Å². The molecule has 0 saturated heterocycles. The standard InChI is InChI=1S/C37H49N5O7/c1-24(22-42(8)9)47-30-16-12-13-26(32(30)46-23-31(43)48-36(2,3)4)21-39-29-15-11-10-14-28(29)34(44)40-27-19-17-25(18-20-27)33(38)41-35(45)49-37(5,6)7/h10-20,24,39H,21-23H2,1-9H3,(H,40,44)(H2,38,41,45). The van der Waals surface area contributed by atoms with Gasteiger partial charge in [0.05, 0.1) is 5.56 Å². The molecule has 3 aromatic carbocycles. The van der Waals surface area contributed by atoms with Gasteiger partial charge in [-0.25, -0.2) is 9.59 Å². The quantitative estimate of drug-likeness (QED) is 0.0910. The molecule has 0 aromatic heterocycles. The topological polar surface area (TPSA) is 151 Å². The molecule has 0 radical (unpaired) electrons. The molecular weight excluding hydrogens is 626 g/mol. The van der Waals surface area contributed by atoms with E-state index in [-0.39, 0.29) is 31.0 Å². The zero-order valence-electron chi connectivity index (χ0n) is 29.9. The molecule has 3 rings (SSSR count). The molecule has 0 spiro atoms. The first-order valence-electron chi connectivity index (χ1n) is 16.0. The molecule has 1 atom stereocenters. The summed E-state index contributed by atoms with van der Waals surface area (Å²) in [6, 6.07) is 19.1. The summed E-state index contributed by atoms with van der Waals surface area (Å²) >= 11 is 0. The summed E-state index contributed by atoms with van der Waals surface area (Å²) in [7, 11) is 3.92. The zero-order valence-corrected chi connectivity index (χ0v) is 29.9. The Bertz CT molecular complexity index is 1610. The summed E-state index contributed by atoms with van der Waals surface area (Å²) in [5, 5.41) is 16.8. The van der Waals surface area contributed by atoms with Gasteiger partial charge in [0.25, 0.3) is 5.91 Å². The lowest BCUT2D eigenvalue weighted by molar-refractivity contribution is -0.157. The monoisotopic (exact) mass is 675 g/mol. The molecule has 0 bridgehead atoms. The Hall–Kier alpha value is -5.10. The van der Waals surface area contributed by atoms with Crippen LogP contribution in [-0.4, -0.2) is 73.3 Å². The van der Waals surface area contributed by atoms with Crippen molar-refractivity contribution < 1.29 is 33.3 Å². The molecule has 0 heterocycles. The maximum absolute atomic E-state index is 13.4. The number of alkyl carbamates (subject to hydrolysis) is 1. The van der Waals surface area contributed by atoms with E-state index in [1.165, 1.54) is 0 Å². The molecule has 0 saturated carbocycles. The van der Waals surface area contributed by atoms with E-state index < -0.39 is 23.3 Å². The Morgan fingerprint density at radius 3 is 2.14 bits per heavy atom.